The summed E-state index contributed by atoms with van der Waals surface area (Å²) < 4.78 is 50.4. The van der Waals surface area contributed by atoms with Crippen LogP contribution in [-0.2, 0) is 52.3 Å². The second-order valence-corrected chi connectivity index (χ2v) is 13.9. The third-order valence-corrected chi connectivity index (χ3v) is 9.50. The maximum Gasteiger partial charge on any atom is 0.331 e. The third kappa shape index (κ3) is 12.3. The molecule has 0 aliphatic carbocycles. The lowest BCUT2D eigenvalue weighted by atomic mass is 9.99. The lowest BCUT2D eigenvalue weighted by molar-refractivity contribution is -0.383. The molecule has 3 aromatic carbocycles. The lowest BCUT2D eigenvalue weighted by Gasteiger charge is -2.43. The number of carbonyl (C=O) groups is 4. The Bertz CT molecular complexity index is 2170. The lowest BCUT2D eigenvalue weighted by Crippen LogP contribution is -2.63. The van der Waals surface area contributed by atoms with E-state index in [-0.39, 0.29) is 28.7 Å². The Hall–Kier alpha value is -6.52. The smallest absolute Gasteiger partial charge is 0.331 e. The number of ether oxygens (including phenoxy) is 9. The molecule has 2 fully saturated rings. The first-order valence-electron chi connectivity index (χ1n) is 19.0. The van der Waals surface area contributed by atoms with Crippen molar-refractivity contribution in [1.29, 1.82) is 0 Å². The summed E-state index contributed by atoms with van der Waals surface area (Å²) in [5.74, 6) is -6.95. The van der Waals surface area contributed by atoms with Gasteiger partial charge in [-0.25, -0.2) is 14.4 Å². The summed E-state index contributed by atoms with van der Waals surface area (Å²) in [6.07, 6.45) is -7.98. The summed E-state index contributed by atoms with van der Waals surface area (Å²) >= 11 is 0. The Labute approximate surface area is 359 Å². The van der Waals surface area contributed by atoms with Crippen molar-refractivity contribution in [2.75, 3.05) is 34.0 Å². The zero-order chi connectivity index (χ0) is 45.8. The Morgan fingerprint density at radius 2 is 1.22 bits per heavy atom. The summed E-state index contributed by atoms with van der Waals surface area (Å²) in [6, 6.07) is 14.1. The fraction of sp³-hybridized carbons (Fsp3) is 0.349. The third-order valence-electron chi connectivity index (χ3n) is 9.50. The molecule has 5 rings (SSSR count). The first-order chi connectivity index (χ1) is 30.1. The minimum absolute atomic E-state index is 0.0489. The fourth-order valence-corrected chi connectivity index (χ4v) is 6.33. The molecule has 2 saturated heterocycles. The summed E-state index contributed by atoms with van der Waals surface area (Å²) in [6.45, 7) is -1.70. The van der Waals surface area contributed by atoms with Gasteiger partial charge in [-0.15, -0.1) is 0 Å². The van der Waals surface area contributed by atoms with Gasteiger partial charge in [-0.3, -0.25) is 4.79 Å². The van der Waals surface area contributed by atoms with Crippen molar-refractivity contribution in [2.45, 2.75) is 61.7 Å². The molecule has 2 heterocycles. The Morgan fingerprint density at radius 3 is 1.78 bits per heavy atom. The number of aliphatic hydroxyl groups is 4. The number of hydrogen-bond donors (Lipinski definition) is 7. The number of phenols is 3. The van der Waals surface area contributed by atoms with E-state index in [4.69, 9.17) is 42.6 Å². The predicted octanol–water partition coefficient (Wildman–Crippen LogP) is 1.10. The molecule has 0 radical (unpaired) electrons. The van der Waals surface area contributed by atoms with Gasteiger partial charge >= 0.3 is 23.9 Å². The highest BCUT2D eigenvalue weighted by Crippen LogP contribution is 2.40. The molecule has 0 aromatic heterocycles. The summed E-state index contributed by atoms with van der Waals surface area (Å²) in [7, 11) is 2.66. The number of aliphatic hydroxyl groups excluding tert-OH is 4. The van der Waals surface area contributed by atoms with Crippen molar-refractivity contribution in [1.82, 2.24) is 0 Å². The van der Waals surface area contributed by atoms with Gasteiger partial charge in [0.15, 0.2) is 41.5 Å². The van der Waals surface area contributed by atoms with Gasteiger partial charge in [0.05, 0.1) is 20.8 Å². The van der Waals surface area contributed by atoms with Crippen LogP contribution in [0.4, 0.5) is 0 Å². The molecule has 9 atom stereocenters. The first kappa shape index (κ1) is 47.5. The van der Waals surface area contributed by atoms with Gasteiger partial charge in [-0.1, -0.05) is 24.3 Å². The summed E-state index contributed by atoms with van der Waals surface area (Å²) in [5, 5.41) is 71.6. The Balaban J connectivity index is 1.52. The van der Waals surface area contributed by atoms with Crippen molar-refractivity contribution in [3.05, 3.63) is 95.6 Å². The molecule has 7 N–H and O–H groups in total. The van der Waals surface area contributed by atoms with Gasteiger partial charge in [-0.2, -0.15) is 0 Å². The van der Waals surface area contributed by atoms with E-state index in [0.29, 0.717) is 16.7 Å². The van der Waals surface area contributed by atoms with Crippen LogP contribution >= 0.6 is 0 Å². The fourth-order valence-electron chi connectivity index (χ4n) is 6.33. The molecule has 338 valence electrons. The van der Waals surface area contributed by atoms with Crippen LogP contribution in [0.3, 0.4) is 0 Å². The van der Waals surface area contributed by atoms with E-state index in [1.165, 1.54) is 93.1 Å². The molecule has 2 aliphatic rings. The van der Waals surface area contributed by atoms with E-state index in [2.05, 4.69) is 0 Å². The highest BCUT2D eigenvalue weighted by Gasteiger charge is 2.64. The number of benzene rings is 3. The zero-order valence-electron chi connectivity index (χ0n) is 33.9. The normalized spacial score (nSPS) is 25.8. The monoisotopic (exact) mass is 882 g/mol. The second-order valence-electron chi connectivity index (χ2n) is 13.9. The molecule has 3 aromatic rings. The molecule has 0 bridgehead atoms. The first-order valence-corrected chi connectivity index (χ1v) is 19.0. The van der Waals surface area contributed by atoms with E-state index in [1.54, 1.807) is 0 Å². The van der Waals surface area contributed by atoms with Gasteiger partial charge in [0.25, 0.3) is 0 Å². The van der Waals surface area contributed by atoms with Gasteiger partial charge in [0.1, 0.15) is 49.5 Å². The standard InChI is InChI=1S/C43H46O20/c1-23(45)59-40-33(21-57-34(49)15-9-25-6-13-28(47)30(18-25)55-2)62-43(63-42-39(54)38(53)37(52)32(20-44)60-42,41(40)61-36(51)17-8-24-4-11-27(46)12-5-24)22-58-35(50)16-10-26-7-14-29(48)31(19-26)56-3/h4-19,32-33,37-42,44,46-48,52-54H,20-22H2,1-3H3/b15-9+,16-10+,17-8+/t32-,33-,37-,38+,39-,40-,41+,42-,43+/m1/s1. The van der Waals surface area contributed by atoms with Crippen LogP contribution in [0.2, 0.25) is 0 Å². The van der Waals surface area contributed by atoms with Crippen LogP contribution in [0.25, 0.3) is 18.2 Å². The molecule has 0 saturated carbocycles. The largest absolute Gasteiger partial charge is 0.508 e. The average molecular weight is 883 g/mol. The van der Waals surface area contributed by atoms with Crippen molar-refractivity contribution in [2.24, 2.45) is 0 Å². The predicted molar refractivity (Wildman–Crippen MR) is 214 cm³/mol. The Morgan fingerprint density at radius 1 is 0.683 bits per heavy atom. The number of carbonyl (C=O) groups excluding carboxylic acids is 4. The minimum Gasteiger partial charge on any atom is -0.508 e. The van der Waals surface area contributed by atoms with Crippen LogP contribution in [-0.4, -0.2) is 148 Å². The van der Waals surface area contributed by atoms with Crippen LogP contribution < -0.4 is 9.47 Å². The van der Waals surface area contributed by atoms with Gasteiger partial charge in [0.2, 0.25) is 5.79 Å². The Kier molecular flexibility index (Phi) is 16.2. The van der Waals surface area contributed by atoms with Gasteiger partial charge in [0, 0.05) is 25.2 Å². The van der Waals surface area contributed by atoms with E-state index in [9.17, 15) is 54.9 Å². The highest BCUT2D eigenvalue weighted by molar-refractivity contribution is 5.88. The molecule has 0 unspecified atom stereocenters. The molecule has 20 heteroatoms. The number of phenolic OH excluding ortho intramolecular Hbond substituents is 3. The van der Waals surface area contributed by atoms with Crippen molar-refractivity contribution in [3.8, 4) is 28.7 Å². The van der Waals surface area contributed by atoms with Crippen molar-refractivity contribution >= 4 is 42.1 Å². The van der Waals surface area contributed by atoms with Crippen LogP contribution in [0.15, 0.2) is 78.9 Å². The van der Waals surface area contributed by atoms with Crippen molar-refractivity contribution in [3.63, 3.8) is 0 Å². The van der Waals surface area contributed by atoms with E-state index < -0.39 is 98.5 Å². The molecule has 0 spiro atoms. The molecular weight excluding hydrogens is 836 g/mol. The SMILES string of the molecule is COc1cc(/C=C/C(=O)OC[C@H]2O[C@@](COC(=O)/C=C/c3ccc(O)c(OC)c3)(O[C@H]3O[C@H](CO)[C@@H](O)[C@H](O)[C@H]3O)[C@@H](OC(=O)/C=C/c3ccc(O)cc3)[C@@H]2OC(C)=O)ccc1O. The van der Waals surface area contributed by atoms with Gasteiger partial charge in [-0.05, 0) is 71.3 Å². The van der Waals surface area contributed by atoms with Gasteiger partial charge < -0.3 is 78.4 Å². The molecule has 20 nitrogen and oxygen atoms in total. The number of esters is 4. The number of methoxy groups -OCH3 is 2. The van der Waals surface area contributed by atoms with E-state index in [1.807, 2.05) is 0 Å². The maximum absolute atomic E-state index is 13.6. The van der Waals surface area contributed by atoms with Crippen LogP contribution in [0.5, 0.6) is 28.7 Å². The van der Waals surface area contributed by atoms with E-state index >= 15 is 0 Å². The second kappa shape index (κ2) is 21.5. The van der Waals surface area contributed by atoms with Crippen LogP contribution in [0, 0.1) is 0 Å². The summed E-state index contributed by atoms with van der Waals surface area (Å²) in [4.78, 5) is 52.5. The highest BCUT2D eigenvalue weighted by atomic mass is 16.8. The minimum atomic E-state index is -2.67. The quantitative estimate of drug-likeness (QED) is 0.0567. The number of rotatable bonds is 17. The molecular formula is C43H46O20. The number of hydrogen-bond acceptors (Lipinski definition) is 20. The zero-order valence-corrected chi connectivity index (χ0v) is 33.9. The summed E-state index contributed by atoms with van der Waals surface area (Å²) in [5.41, 5.74) is 1.24. The maximum atomic E-state index is 13.6. The average Bonchev–Trinajstić information content (AvgIpc) is 3.53. The topological polar surface area (TPSA) is 293 Å². The van der Waals surface area contributed by atoms with Crippen LogP contribution in [0.1, 0.15) is 23.6 Å². The molecule has 2 aliphatic heterocycles. The molecule has 0 amide bonds. The number of aromatic hydroxyl groups is 3. The molecule has 63 heavy (non-hydrogen) atoms. The van der Waals surface area contributed by atoms with E-state index in [0.717, 1.165) is 25.2 Å². The van der Waals surface area contributed by atoms with Crippen molar-refractivity contribution < 1.29 is 97.6 Å².